The molecule has 0 radical (unpaired) electrons. The predicted molar refractivity (Wildman–Crippen MR) is 74.9 cm³/mol. The zero-order chi connectivity index (χ0) is 14.5. The maximum absolute atomic E-state index is 11.0. The molecule has 114 valence electrons. The second-order valence-electron chi connectivity index (χ2n) is 5.00. The summed E-state index contributed by atoms with van der Waals surface area (Å²) >= 11 is 0. The number of aliphatic carboxylic acids is 1. The zero-order valence-electron chi connectivity index (χ0n) is 12.0. The van der Waals surface area contributed by atoms with Gasteiger partial charge in [-0.25, -0.2) is 0 Å². The van der Waals surface area contributed by atoms with Crippen molar-refractivity contribution in [2.45, 2.75) is 77.0 Å². The maximum Gasteiger partial charge on any atom is 0.320 e. The molecule has 0 rings (SSSR count). The van der Waals surface area contributed by atoms with E-state index < -0.39 is 18.2 Å². The molecule has 0 saturated carbocycles. The Balaban J connectivity index is 3.76. The number of unbranched alkanes of at least 4 members (excludes halogenated alkanes) is 5. The van der Waals surface area contributed by atoms with Crippen molar-refractivity contribution in [1.29, 1.82) is 0 Å². The highest BCUT2D eigenvalue weighted by Gasteiger charge is 2.19. The van der Waals surface area contributed by atoms with Crippen LogP contribution in [0.3, 0.4) is 0 Å². The summed E-state index contributed by atoms with van der Waals surface area (Å²) in [6, 6.07) is -0.725. The van der Waals surface area contributed by atoms with Crippen LogP contribution >= 0.6 is 0 Å². The summed E-state index contributed by atoms with van der Waals surface area (Å²) in [5, 5.41) is 30.2. The molecule has 0 aliphatic heterocycles. The van der Waals surface area contributed by atoms with Crippen LogP contribution in [-0.2, 0) is 4.79 Å². The van der Waals surface area contributed by atoms with Gasteiger partial charge in [0.1, 0.15) is 12.3 Å². The van der Waals surface area contributed by atoms with Crippen LogP contribution in [0, 0.1) is 0 Å². The van der Waals surface area contributed by atoms with Gasteiger partial charge in [-0.15, -0.1) is 0 Å². The first-order valence-electron chi connectivity index (χ1n) is 7.39. The summed E-state index contributed by atoms with van der Waals surface area (Å²) < 4.78 is 0. The van der Waals surface area contributed by atoms with Crippen LogP contribution in [0.5, 0.6) is 0 Å². The fourth-order valence-electron chi connectivity index (χ4n) is 2.00. The quantitative estimate of drug-likeness (QED) is 0.304. The second-order valence-corrected chi connectivity index (χ2v) is 5.00. The van der Waals surface area contributed by atoms with E-state index >= 15 is 0 Å². The summed E-state index contributed by atoms with van der Waals surface area (Å²) in [5.41, 5.74) is 0. The van der Waals surface area contributed by atoms with Gasteiger partial charge in [0.05, 0.1) is 0 Å². The number of hydrogen-bond acceptors (Lipinski definition) is 4. The average Bonchev–Trinajstić information content (AvgIpc) is 2.37. The first kappa shape index (κ1) is 18.4. The molecule has 0 heterocycles. The van der Waals surface area contributed by atoms with Gasteiger partial charge in [-0.05, 0) is 32.1 Å². The summed E-state index contributed by atoms with van der Waals surface area (Å²) in [7, 11) is 0. The lowest BCUT2D eigenvalue weighted by Crippen LogP contribution is -2.43. The molecule has 0 spiro atoms. The van der Waals surface area contributed by atoms with E-state index in [9.17, 15) is 9.90 Å². The highest BCUT2D eigenvalue weighted by atomic mass is 16.4. The Labute approximate surface area is 116 Å². The number of carboxylic acids is 1. The molecule has 5 heteroatoms. The highest BCUT2D eigenvalue weighted by Crippen LogP contribution is 2.08. The lowest BCUT2D eigenvalue weighted by Gasteiger charge is -2.19. The van der Waals surface area contributed by atoms with Crippen molar-refractivity contribution in [1.82, 2.24) is 5.32 Å². The Morgan fingerprint density at radius 2 is 1.68 bits per heavy atom. The van der Waals surface area contributed by atoms with Gasteiger partial charge in [0.2, 0.25) is 0 Å². The fourth-order valence-corrected chi connectivity index (χ4v) is 2.00. The molecular formula is C14H29NO4. The molecule has 0 amide bonds. The molecule has 0 saturated heterocycles. The summed E-state index contributed by atoms with van der Waals surface area (Å²) in [6.45, 7) is 2.23. The van der Waals surface area contributed by atoms with Gasteiger partial charge < -0.3 is 15.3 Å². The summed E-state index contributed by atoms with van der Waals surface area (Å²) in [4.78, 5) is 11.0. The molecule has 0 bridgehead atoms. The van der Waals surface area contributed by atoms with E-state index in [2.05, 4.69) is 12.2 Å². The molecular weight excluding hydrogens is 246 g/mol. The van der Waals surface area contributed by atoms with E-state index in [1.165, 1.54) is 19.3 Å². The van der Waals surface area contributed by atoms with Crippen molar-refractivity contribution in [2.75, 3.05) is 6.61 Å². The number of carboxylic acid groups (broad SMARTS) is 1. The molecule has 4 N–H and O–H groups in total. The van der Waals surface area contributed by atoms with Crippen molar-refractivity contribution >= 4 is 5.97 Å². The van der Waals surface area contributed by atoms with Crippen molar-refractivity contribution in [3.8, 4) is 0 Å². The number of aliphatic hydroxyl groups excluding tert-OH is 2. The first-order valence-corrected chi connectivity index (χ1v) is 7.39. The van der Waals surface area contributed by atoms with Crippen molar-refractivity contribution in [2.24, 2.45) is 0 Å². The van der Waals surface area contributed by atoms with Crippen molar-refractivity contribution in [3.63, 3.8) is 0 Å². The van der Waals surface area contributed by atoms with Gasteiger partial charge in [0.25, 0.3) is 0 Å². The van der Waals surface area contributed by atoms with E-state index in [1.807, 2.05) is 0 Å². The van der Waals surface area contributed by atoms with E-state index in [-0.39, 0.29) is 6.61 Å². The Hall–Kier alpha value is -0.650. The van der Waals surface area contributed by atoms with Gasteiger partial charge in [-0.1, -0.05) is 32.6 Å². The number of hydrogen-bond donors (Lipinski definition) is 4. The molecule has 2 atom stereocenters. The van der Waals surface area contributed by atoms with E-state index in [0.29, 0.717) is 25.7 Å². The van der Waals surface area contributed by atoms with Crippen LogP contribution in [0.25, 0.3) is 0 Å². The maximum atomic E-state index is 11.0. The SMILES string of the molecule is CCCCCCCC(O)NC(CCCCO)C(=O)O. The van der Waals surface area contributed by atoms with Crippen LogP contribution in [0.4, 0.5) is 0 Å². The minimum atomic E-state index is -0.942. The molecule has 2 unspecified atom stereocenters. The van der Waals surface area contributed by atoms with Crippen LogP contribution < -0.4 is 5.32 Å². The number of carbonyl (C=O) groups is 1. The molecule has 0 aromatic rings. The van der Waals surface area contributed by atoms with Gasteiger partial charge in [-0.3, -0.25) is 10.1 Å². The smallest absolute Gasteiger partial charge is 0.320 e. The van der Waals surface area contributed by atoms with Gasteiger partial charge in [0, 0.05) is 6.61 Å². The molecule has 5 nitrogen and oxygen atoms in total. The zero-order valence-corrected chi connectivity index (χ0v) is 12.0. The average molecular weight is 275 g/mol. The Bertz CT molecular complexity index is 223. The second kappa shape index (κ2) is 12.4. The number of rotatable bonds is 13. The van der Waals surface area contributed by atoms with E-state index in [1.54, 1.807) is 0 Å². The molecule has 0 aliphatic rings. The third-order valence-electron chi connectivity index (χ3n) is 3.17. The van der Waals surface area contributed by atoms with E-state index in [4.69, 9.17) is 10.2 Å². The van der Waals surface area contributed by atoms with Gasteiger partial charge in [-0.2, -0.15) is 0 Å². The third-order valence-corrected chi connectivity index (χ3v) is 3.17. The standard InChI is InChI=1S/C14H29NO4/c1-2-3-4-5-6-10-13(17)15-12(14(18)19)9-7-8-11-16/h12-13,15-17H,2-11H2,1H3,(H,18,19). The van der Waals surface area contributed by atoms with Crippen LogP contribution in [0.1, 0.15) is 64.7 Å². The normalized spacial score (nSPS) is 14.3. The molecule has 0 fully saturated rings. The topological polar surface area (TPSA) is 89.8 Å². The molecule has 0 aromatic carbocycles. The first-order chi connectivity index (χ1) is 9.11. The Kier molecular flexibility index (Phi) is 12.0. The van der Waals surface area contributed by atoms with Crippen molar-refractivity contribution in [3.05, 3.63) is 0 Å². The summed E-state index contributed by atoms with van der Waals surface area (Å²) in [6.07, 6.45) is 7.07. The fraction of sp³-hybridized carbons (Fsp3) is 0.929. The highest BCUT2D eigenvalue weighted by molar-refractivity contribution is 5.73. The molecule has 0 aromatic heterocycles. The number of nitrogens with one attached hydrogen (secondary N) is 1. The lowest BCUT2D eigenvalue weighted by molar-refractivity contribution is -0.140. The lowest BCUT2D eigenvalue weighted by atomic mass is 10.1. The largest absolute Gasteiger partial charge is 0.480 e. The Morgan fingerprint density at radius 1 is 1.05 bits per heavy atom. The Morgan fingerprint density at radius 3 is 2.26 bits per heavy atom. The van der Waals surface area contributed by atoms with Gasteiger partial charge in [0.15, 0.2) is 0 Å². The van der Waals surface area contributed by atoms with Gasteiger partial charge >= 0.3 is 5.97 Å². The minimum Gasteiger partial charge on any atom is -0.480 e. The molecule has 19 heavy (non-hydrogen) atoms. The van der Waals surface area contributed by atoms with E-state index in [0.717, 1.165) is 12.8 Å². The minimum absolute atomic E-state index is 0.0757. The third kappa shape index (κ3) is 10.9. The van der Waals surface area contributed by atoms with Crippen LogP contribution in [0.15, 0.2) is 0 Å². The van der Waals surface area contributed by atoms with Crippen LogP contribution in [-0.4, -0.2) is 40.2 Å². The van der Waals surface area contributed by atoms with Crippen LogP contribution in [0.2, 0.25) is 0 Å². The monoisotopic (exact) mass is 275 g/mol. The summed E-state index contributed by atoms with van der Waals surface area (Å²) in [5.74, 6) is -0.942. The van der Waals surface area contributed by atoms with Crippen molar-refractivity contribution < 1.29 is 20.1 Å². The number of aliphatic hydroxyl groups is 2. The predicted octanol–water partition coefficient (Wildman–Crippen LogP) is 1.87. The molecule has 0 aliphatic carbocycles.